The van der Waals surface area contributed by atoms with Crippen LogP contribution in [0.4, 0.5) is 0 Å². The first-order valence-corrected chi connectivity index (χ1v) is 6.02. The van der Waals surface area contributed by atoms with E-state index in [9.17, 15) is 9.90 Å². The predicted molar refractivity (Wildman–Crippen MR) is 65.9 cm³/mol. The van der Waals surface area contributed by atoms with Crippen LogP contribution in [0.3, 0.4) is 0 Å². The van der Waals surface area contributed by atoms with Gasteiger partial charge in [0, 0.05) is 11.6 Å². The van der Waals surface area contributed by atoms with E-state index in [0.29, 0.717) is 35.3 Å². The number of aliphatic hydroxyl groups is 1. The van der Waals surface area contributed by atoms with Gasteiger partial charge in [-0.3, -0.25) is 0 Å². The van der Waals surface area contributed by atoms with Crippen molar-refractivity contribution in [2.45, 2.75) is 6.10 Å². The Morgan fingerprint density at radius 2 is 2.00 bits per heavy atom. The molecule has 1 aromatic rings. The van der Waals surface area contributed by atoms with Gasteiger partial charge in [0.25, 0.3) is 0 Å². The number of hydrogen-bond donors (Lipinski definition) is 2. The number of benzene rings is 1. The number of ether oxygens (including phenoxy) is 3. The van der Waals surface area contributed by atoms with Crippen molar-refractivity contribution in [3.05, 3.63) is 22.7 Å². The first-order valence-electron chi connectivity index (χ1n) is 5.64. The lowest BCUT2D eigenvalue weighted by Gasteiger charge is -2.21. The summed E-state index contributed by atoms with van der Waals surface area (Å²) >= 11 is 6.03. The van der Waals surface area contributed by atoms with Crippen LogP contribution in [0, 0.1) is 0 Å². The summed E-state index contributed by atoms with van der Waals surface area (Å²) in [6, 6.07) is 3.14. The fourth-order valence-electron chi connectivity index (χ4n) is 1.68. The number of carboxylic acids is 1. The molecule has 7 heteroatoms. The summed E-state index contributed by atoms with van der Waals surface area (Å²) in [5.41, 5.74) is 0.413. The fourth-order valence-corrected chi connectivity index (χ4v) is 1.96. The molecule has 1 unspecified atom stereocenters. The zero-order valence-electron chi connectivity index (χ0n) is 9.97. The molecule has 0 amide bonds. The predicted octanol–water partition coefficient (Wildman–Crippen LogP) is 1.25. The van der Waals surface area contributed by atoms with Crippen LogP contribution in [0.5, 0.6) is 11.5 Å². The van der Waals surface area contributed by atoms with Crippen LogP contribution in [0.15, 0.2) is 12.1 Å². The molecule has 1 aromatic carbocycles. The molecule has 0 aliphatic carbocycles. The van der Waals surface area contributed by atoms with E-state index in [1.807, 2.05) is 0 Å². The first-order chi connectivity index (χ1) is 9.08. The van der Waals surface area contributed by atoms with Gasteiger partial charge in [-0.1, -0.05) is 11.6 Å². The highest BCUT2D eigenvalue weighted by molar-refractivity contribution is 6.31. The Bertz CT molecular complexity index is 476. The molecule has 0 radical (unpaired) electrons. The maximum absolute atomic E-state index is 10.3. The number of aliphatic carboxylic acids is 1. The van der Waals surface area contributed by atoms with Crippen molar-refractivity contribution in [1.29, 1.82) is 0 Å². The Morgan fingerprint density at radius 1 is 1.37 bits per heavy atom. The molecule has 104 valence electrons. The maximum Gasteiger partial charge on any atom is 0.329 e. The monoisotopic (exact) mass is 288 g/mol. The van der Waals surface area contributed by atoms with Crippen LogP contribution < -0.4 is 9.47 Å². The molecule has 1 aliphatic rings. The van der Waals surface area contributed by atoms with Gasteiger partial charge in [0.05, 0.1) is 11.6 Å². The fraction of sp³-hybridized carbons (Fsp3) is 0.417. The van der Waals surface area contributed by atoms with E-state index in [1.54, 1.807) is 12.1 Å². The SMILES string of the molecule is O=C(O)COCC(O)c1cc2c(cc1Cl)OCCO2. The molecule has 0 saturated carbocycles. The molecule has 6 nitrogen and oxygen atoms in total. The highest BCUT2D eigenvalue weighted by Gasteiger charge is 2.19. The van der Waals surface area contributed by atoms with Crippen LogP contribution in [-0.4, -0.2) is 42.6 Å². The largest absolute Gasteiger partial charge is 0.486 e. The number of hydrogen-bond acceptors (Lipinski definition) is 5. The molecule has 1 atom stereocenters. The Labute approximate surface area is 114 Å². The lowest BCUT2D eigenvalue weighted by Crippen LogP contribution is -2.17. The minimum atomic E-state index is -1.10. The van der Waals surface area contributed by atoms with Gasteiger partial charge >= 0.3 is 5.97 Å². The van der Waals surface area contributed by atoms with Crippen LogP contribution in [-0.2, 0) is 9.53 Å². The van der Waals surface area contributed by atoms with Gasteiger partial charge in [-0.05, 0) is 6.07 Å². The number of fused-ring (bicyclic) bond motifs is 1. The number of carboxylic acid groups (broad SMARTS) is 1. The Morgan fingerprint density at radius 3 is 2.63 bits per heavy atom. The molecule has 0 spiro atoms. The van der Waals surface area contributed by atoms with Crippen LogP contribution in [0.25, 0.3) is 0 Å². The third kappa shape index (κ3) is 3.50. The summed E-state index contributed by atoms with van der Waals surface area (Å²) in [5, 5.41) is 18.7. The van der Waals surface area contributed by atoms with Gasteiger partial charge in [-0.2, -0.15) is 0 Å². The molecule has 0 saturated heterocycles. The van der Waals surface area contributed by atoms with Crippen molar-refractivity contribution in [3.8, 4) is 11.5 Å². The molecular weight excluding hydrogens is 276 g/mol. The summed E-state index contributed by atoms with van der Waals surface area (Å²) in [4.78, 5) is 10.3. The lowest BCUT2D eigenvalue weighted by atomic mass is 10.1. The maximum atomic E-state index is 10.3. The minimum absolute atomic E-state index is 0.161. The van der Waals surface area contributed by atoms with E-state index in [-0.39, 0.29) is 6.61 Å². The summed E-state index contributed by atoms with van der Waals surface area (Å²) in [6.45, 7) is 0.248. The van der Waals surface area contributed by atoms with Crippen molar-refractivity contribution in [3.63, 3.8) is 0 Å². The van der Waals surface area contributed by atoms with E-state index < -0.39 is 18.7 Å². The van der Waals surface area contributed by atoms with Crippen LogP contribution in [0.2, 0.25) is 5.02 Å². The van der Waals surface area contributed by atoms with Gasteiger partial charge in [0.2, 0.25) is 0 Å². The standard InChI is InChI=1S/C12H13ClO6/c13-8-4-11-10(18-1-2-19-11)3-7(8)9(14)5-17-6-12(15)16/h3-4,9,14H,1-2,5-6H2,(H,15,16). The average Bonchev–Trinajstić information content (AvgIpc) is 2.37. The highest BCUT2D eigenvalue weighted by Crippen LogP contribution is 2.37. The second kappa shape index (κ2) is 6.10. The molecule has 2 rings (SSSR count). The van der Waals surface area contributed by atoms with Crippen molar-refractivity contribution in [1.82, 2.24) is 0 Å². The minimum Gasteiger partial charge on any atom is -0.486 e. The molecule has 0 bridgehead atoms. The zero-order chi connectivity index (χ0) is 13.8. The third-order valence-electron chi connectivity index (χ3n) is 2.52. The second-order valence-electron chi connectivity index (χ2n) is 3.94. The van der Waals surface area contributed by atoms with E-state index in [2.05, 4.69) is 0 Å². The van der Waals surface area contributed by atoms with E-state index in [1.165, 1.54) is 0 Å². The Hall–Kier alpha value is -1.50. The topological polar surface area (TPSA) is 85.2 Å². The molecule has 1 heterocycles. The molecule has 0 aromatic heterocycles. The van der Waals surface area contributed by atoms with Crippen molar-refractivity contribution in [2.24, 2.45) is 0 Å². The van der Waals surface area contributed by atoms with E-state index in [4.69, 9.17) is 30.9 Å². The summed E-state index contributed by atoms with van der Waals surface area (Å²) < 4.78 is 15.6. The Kier molecular flexibility index (Phi) is 4.47. The first kappa shape index (κ1) is 13.9. The molecule has 0 fully saturated rings. The summed E-state index contributed by atoms with van der Waals surface area (Å²) in [6.07, 6.45) is -1.03. The summed E-state index contributed by atoms with van der Waals surface area (Å²) in [7, 11) is 0. The third-order valence-corrected chi connectivity index (χ3v) is 2.85. The van der Waals surface area contributed by atoms with Crippen molar-refractivity contribution >= 4 is 17.6 Å². The van der Waals surface area contributed by atoms with Crippen LogP contribution in [0.1, 0.15) is 11.7 Å². The second-order valence-corrected chi connectivity index (χ2v) is 4.35. The zero-order valence-corrected chi connectivity index (χ0v) is 10.7. The van der Waals surface area contributed by atoms with Gasteiger partial charge in [0.1, 0.15) is 25.9 Å². The molecular formula is C12H13ClO6. The molecule has 1 aliphatic heterocycles. The molecule has 2 N–H and O–H groups in total. The highest BCUT2D eigenvalue weighted by atomic mass is 35.5. The van der Waals surface area contributed by atoms with Crippen LogP contribution >= 0.6 is 11.6 Å². The smallest absolute Gasteiger partial charge is 0.329 e. The average molecular weight is 289 g/mol. The molecule has 19 heavy (non-hydrogen) atoms. The number of aliphatic hydroxyl groups excluding tert-OH is 1. The Balaban J connectivity index is 2.08. The number of halogens is 1. The van der Waals surface area contributed by atoms with Gasteiger partial charge in [0.15, 0.2) is 11.5 Å². The normalized spacial score (nSPS) is 15.1. The lowest BCUT2D eigenvalue weighted by molar-refractivity contribution is -0.143. The number of rotatable bonds is 5. The summed E-state index contributed by atoms with van der Waals surface area (Å²) in [5.74, 6) is -0.0675. The van der Waals surface area contributed by atoms with E-state index >= 15 is 0 Å². The van der Waals surface area contributed by atoms with Gasteiger partial charge in [-0.25, -0.2) is 4.79 Å². The van der Waals surface area contributed by atoms with Crippen molar-refractivity contribution in [2.75, 3.05) is 26.4 Å². The van der Waals surface area contributed by atoms with E-state index in [0.717, 1.165) is 0 Å². The van der Waals surface area contributed by atoms with Gasteiger partial charge in [-0.15, -0.1) is 0 Å². The quantitative estimate of drug-likeness (QED) is 0.848. The van der Waals surface area contributed by atoms with Gasteiger partial charge < -0.3 is 24.4 Å². The number of carbonyl (C=O) groups is 1. The van der Waals surface area contributed by atoms with Crippen molar-refractivity contribution < 1.29 is 29.2 Å².